The number of hydrogen-bond acceptors (Lipinski definition) is 5. The van der Waals surface area contributed by atoms with Gasteiger partial charge in [0.25, 0.3) is 0 Å². The van der Waals surface area contributed by atoms with E-state index in [0.717, 1.165) is 11.4 Å². The Balaban J connectivity index is 1.65. The van der Waals surface area contributed by atoms with Crippen molar-refractivity contribution in [2.75, 3.05) is 25.2 Å². The van der Waals surface area contributed by atoms with Crippen LogP contribution in [0.25, 0.3) is 0 Å². The lowest BCUT2D eigenvalue weighted by molar-refractivity contribution is 0.0308. The Hall–Kier alpha value is -3.20. The first-order valence-corrected chi connectivity index (χ1v) is 7.80. The van der Waals surface area contributed by atoms with Crippen molar-refractivity contribution in [1.29, 1.82) is 5.26 Å². The Morgan fingerprint density at radius 3 is 2.40 bits per heavy atom. The quantitative estimate of drug-likeness (QED) is 0.836. The molecule has 0 bridgehead atoms. The van der Waals surface area contributed by atoms with E-state index in [1.54, 1.807) is 48.4 Å². The summed E-state index contributed by atoms with van der Waals surface area (Å²) in [5.74, 6) is 1.35. The van der Waals surface area contributed by atoms with Gasteiger partial charge in [0, 0.05) is 5.69 Å². The van der Waals surface area contributed by atoms with Crippen LogP contribution in [0.4, 0.5) is 10.5 Å². The number of hydrogen-bond donors (Lipinski definition) is 0. The highest BCUT2D eigenvalue weighted by molar-refractivity contribution is 5.90. The molecule has 0 saturated carbocycles. The number of benzene rings is 2. The number of nitriles is 1. The van der Waals surface area contributed by atoms with Crippen LogP contribution in [0.1, 0.15) is 12.5 Å². The van der Waals surface area contributed by atoms with Gasteiger partial charge in [0.2, 0.25) is 0 Å². The van der Waals surface area contributed by atoms with Gasteiger partial charge in [0.15, 0.2) is 5.60 Å². The van der Waals surface area contributed by atoms with Crippen molar-refractivity contribution in [3.63, 3.8) is 0 Å². The van der Waals surface area contributed by atoms with Crippen LogP contribution < -0.4 is 14.4 Å². The number of ether oxygens (including phenoxy) is 3. The van der Waals surface area contributed by atoms with Gasteiger partial charge in [0.05, 0.1) is 25.3 Å². The summed E-state index contributed by atoms with van der Waals surface area (Å²) < 4.78 is 16.4. The van der Waals surface area contributed by atoms with E-state index in [2.05, 4.69) is 6.07 Å². The molecule has 25 heavy (non-hydrogen) atoms. The highest BCUT2D eigenvalue weighted by atomic mass is 16.6. The van der Waals surface area contributed by atoms with Crippen molar-refractivity contribution in [2.24, 2.45) is 0 Å². The zero-order chi connectivity index (χ0) is 17.9. The molecule has 2 aromatic carbocycles. The number of rotatable bonds is 5. The predicted molar refractivity (Wildman–Crippen MR) is 91.9 cm³/mol. The van der Waals surface area contributed by atoms with E-state index in [4.69, 9.17) is 19.5 Å². The monoisotopic (exact) mass is 338 g/mol. The fraction of sp³-hybridized carbons (Fsp3) is 0.263. The molecule has 128 valence electrons. The minimum absolute atomic E-state index is 0.220. The van der Waals surface area contributed by atoms with E-state index < -0.39 is 11.7 Å². The molecule has 3 rings (SSSR count). The van der Waals surface area contributed by atoms with E-state index in [1.807, 2.05) is 19.1 Å². The molecule has 0 N–H and O–H groups in total. The molecule has 1 aliphatic heterocycles. The first-order valence-electron chi connectivity index (χ1n) is 7.80. The van der Waals surface area contributed by atoms with E-state index in [0.29, 0.717) is 17.9 Å². The van der Waals surface area contributed by atoms with Gasteiger partial charge in [0.1, 0.15) is 18.1 Å². The third kappa shape index (κ3) is 3.66. The molecule has 1 saturated heterocycles. The van der Waals surface area contributed by atoms with Gasteiger partial charge >= 0.3 is 6.09 Å². The lowest BCUT2D eigenvalue weighted by Gasteiger charge is -2.22. The third-order valence-corrected chi connectivity index (χ3v) is 3.96. The van der Waals surface area contributed by atoms with Crippen LogP contribution >= 0.6 is 0 Å². The van der Waals surface area contributed by atoms with E-state index >= 15 is 0 Å². The average Bonchev–Trinajstić information content (AvgIpc) is 2.95. The molecule has 0 aliphatic carbocycles. The van der Waals surface area contributed by atoms with Gasteiger partial charge in [-0.1, -0.05) is 0 Å². The van der Waals surface area contributed by atoms with Gasteiger partial charge < -0.3 is 14.2 Å². The number of cyclic esters (lactones) is 1. The number of anilines is 1. The standard InChI is InChI=1S/C19H18N2O4/c1-19(13-24-17-7-3-14(11-20)4-8-17)12-21(18(22)25-19)15-5-9-16(23-2)10-6-15/h3-10H,12-13H2,1-2H3/t19-/m1/s1. The molecule has 2 aromatic rings. The Labute approximate surface area is 146 Å². The first kappa shape index (κ1) is 16.7. The van der Waals surface area contributed by atoms with Crippen molar-refractivity contribution in [3.8, 4) is 17.6 Å². The van der Waals surface area contributed by atoms with E-state index in [-0.39, 0.29) is 6.61 Å². The Kier molecular flexibility index (Phi) is 4.48. The summed E-state index contributed by atoms with van der Waals surface area (Å²) in [4.78, 5) is 13.8. The van der Waals surface area contributed by atoms with Crippen LogP contribution in [0, 0.1) is 11.3 Å². The Morgan fingerprint density at radius 1 is 1.16 bits per heavy atom. The average molecular weight is 338 g/mol. The second kappa shape index (κ2) is 6.73. The second-order valence-electron chi connectivity index (χ2n) is 6.03. The summed E-state index contributed by atoms with van der Waals surface area (Å²) in [6.45, 7) is 2.43. The van der Waals surface area contributed by atoms with Crippen LogP contribution in [0.2, 0.25) is 0 Å². The van der Waals surface area contributed by atoms with Crippen LogP contribution in [-0.4, -0.2) is 32.0 Å². The highest BCUT2D eigenvalue weighted by Gasteiger charge is 2.43. The van der Waals surface area contributed by atoms with Gasteiger partial charge in [-0.2, -0.15) is 5.26 Å². The molecule has 0 radical (unpaired) electrons. The van der Waals surface area contributed by atoms with Crippen molar-refractivity contribution in [2.45, 2.75) is 12.5 Å². The lowest BCUT2D eigenvalue weighted by Crippen LogP contribution is -2.37. The van der Waals surface area contributed by atoms with Crippen LogP contribution in [0.15, 0.2) is 48.5 Å². The predicted octanol–water partition coefficient (Wildman–Crippen LogP) is 3.36. The molecule has 1 heterocycles. The van der Waals surface area contributed by atoms with Crippen molar-refractivity contribution < 1.29 is 19.0 Å². The smallest absolute Gasteiger partial charge is 0.415 e. The van der Waals surface area contributed by atoms with Crippen molar-refractivity contribution in [3.05, 3.63) is 54.1 Å². The molecule has 6 heteroatoms. The molecule has 1 amide bonds. The molecule has 1 aliphatic rings. The molecule has 1 fully saturated rings. The zero-order valence-corrected chi connectivity index (χ0v) is 14.1. The molecular formula is C19H18N2O4. The fourth-order valence-corrected chi connectivity index (χ4v) is 2.59. The lowest BCUT2D eigenvalue weighted by atomic mass is 10.1. The maximum atomic E-state index is 12.2. The second-order valence-corrected chi connectivity index (χ2v) is 6.03. The van der Waals surface area contributed by atoms with Gasteiger partial charge in [-0.05, 0) is 55.5 Å². The number of methoxy groups -OCH3 is 1. The number of nitrogens with zero attached hydrogens (tertiary/aromatic N) is 2. The first-order chi connectivity index (χ1) is 12.0. The Morgan fingerprint density at radius 2 is 1.80 bits per heavy atom. The molecule has 0 spiro atoms. The molecule has 0 unspecified atom stereocenters. The topological polar surface area (TPSA) is 71.8 Å². The number of carbonyl (C=O) groups excluding carboxylic acids is 1. The summed E-state index contributed by atoms with van der Waals surface area (Å²) in [5.41, 5.74) is 0.551. The summed E-state index contributed by atoms with van der Waals surface area (Å²) in [7, 11) is 1.59. The SMILES string of the molecule is COc1ccc(N2C[C@](C)(COc3ccc(C#N)cc3)OC2=O)cc1. The van der Waals surface area contributed by atoms with Crippen LogP contribution in [0.3, 0.4) is 0 Å². The molecular weight excluding hydrogens is 320 g/mol. The highest BCUT2D eigenvalue weighted by Crippen LogP contribution is 2.29. The Bertz CT molecular complexity index is 796. The number of carbonyl (C=O) groups is 1. The van der Waals surface area contributed by atoms with Crippen LogP contribution in [-0.2, 0) is 4.74 Å². The van der Waals surface area contributed by atoms with E-state index in [9.17, 15) is 4.79 Å². The molecule has 0 aromatic heterocycles. The maximum absolute atomic E-state index is 12.2. The van der Waals surface area contributed by atoms with Crippen molar-refractivity contribution in [1.82, 2.24) is 0 Å². The van der Waals surface area contributed by atoms with Crippen LogP contribution in [0.5, 0.6) is 11.5 Å². The maximum Gasteiger partial charge on any atom is 0.415 e. The third-order valence-electron chi connectivity index (χ3n) is 3.96. The zero-order valence-electron chi connectivity index (χ0n) is 14.1. The summed E-state index contributed by atoms with van der Waals surface area (Å²) >= 11 is 0. The van der Waals surface area contributed by atoms with Gasteiger partial charge in [-0.15, -0.1) is 0 Å². The summed E-state index contributed by atoms with van der Waals surface area (Å²) in [6.07, 6.45) is -0.406. The molecule has 1 atom stereocenters. The fourth-order valence-electron chi connectivity index (χ4n) is 2.59. The van der Waals surface area contributed by atoms with Crippen molar-refractivity contribution >= 4 is 11.8 Å². The number of amides is 1. The largest absolute Gasteiger partial charge is 0.497 e. The minimum atomic E-state index is -0.759. The summed E-state index contributed by atoms with van der Waals surface area (Å²) in [6, 6.07) is 16.1. The van der Waals surface area contributed by atoms with Gasteiger partial charge in [-0.25, -0.2) is 4.79 Å². The summed E-state index contributed by atoms with van der Waals surface area (Å²) in [5, 5.41) is 8.81. The van der Waals surface area contributed by atoms with E-state index in [1.165, 1.54) is 0 Å². The normalized spacial score (nSPS) is 19.2. The molecule has 6 nitrogen and oxygen atoms in total. The minimum Gasteiger partial charge on any atom is -0.497 e. The van der Waals surface area contributed by atoms with Gasteiger partial charge in [-0.3, -0.25) is 4.90 Å².